The van der Waals surface area contributed by atoms with E-state index in [1.165, 1.54) is 38.8 Å². The second kappa shape index (κ2) is 7.30. The van der Waals surface area contributed by atoms with Crippen molar-refractivity contribution in [3.05, 3.63) is 0 Å². The van der Waals surface area contributed by atoms with Crippen molar-refractivity contribution in [1.82, 2.24) is 4.90 Å². The van der Waals surface area contributed by atoms with E-state index in [4.69, 9.17) is 13.0 Å². The Bertz CT molecular complexity index is 324. The standard InChI is InChI=1S/C9H19N.CHF3O3S/c1-3-9(2)10-7-5-4-6-8-10;2-1(3,4)8(5,6)7/h9H,3-8H2,1-2H3;(H,5,6,7). The van der Waals surface area contributed by atoms with Gasteiger partial charge in [0.1, 0.15) is 0 Å². The van der Waals surface area contributed by atoms with Crippen molar-refractivity contribution < 1.29 is 26.1 Å². The third kappa shape index (κ3) is 6.55. The van der Waals surface area contributed by atoms with Crippen LogP contribution in [0.25, 0.3) is 0 Å². The van der Waals surface area contributed by atoms with Gasteiger partial charge in [-0.15, -0.1) is 0 Å². The summed E-state index contributed by atoms with van der Waals surface area (Å²) in [5, 5.41) is 0. The zero-order valence-electron chi connectivity index (χ0n) is 10.6. The van der Waals surface area contributed by atoms with Crippen molar-refractivity contribution in [3.8, 4) is 0 Å². The molecule has 0 aromatic heterocycles. The molecule has 0 bridgehead atoms. The van der Waals surface area contributed by atoms with Crippen molar-refractivity contribution in [2.24, 2.45) is 0 Å². The van der Waals surface area contributed by atoms with E-state index < -0.39 is 15.6 Å². The number of rotatable bonds is 2. The van der Waals surface area contributed by atoms with Gasteiger partial charge in [-0.2, -0.15) is 21.6 Å². The van der Waals surface area contributed by atoms with Gasteiger partial charge in [0.15, 0.2) is 0 Å². The zero-order chi connectivity index (χ0) is 14.4. The van der Waals surface area contributed by atoms with Gasteiger partial charge in [-0.25, -0.2) is 0 Å². The minimum absolute atomic E-state index is 0.820. The highest BCUT2D eigenvalue weighted by Crippen LogP contribution is 2.20. The molecule has 1 atom stereocenters. The van der Waals surface area contributed by atoms with Crippen LogP contribution in [-0.4, -0.2) is 42.5 Å². The van der Waals surface area contributed by atoms with Crippen LogP contribution in [0.2, 0.25) is 0 Å². The van der Waals surface area contributed by atoms with E-state index in [9.17, 15) is 13.2 Å². The maximum absolute atomic E-state index is 10.7. The first kappa shape index (κ1) is 17.7. The first-order valence-electron chi connectivity index (χ1n) is 5.87. The SMILES string of the molecule is CCC(C)N1CCCCC1.O=S(=O)(O)C(F)(F)F. The third-order valence-electron chi connectivity index (χ3n) is 2.90. The lowest BCUT2D eigenvalue weighted by molar-refractivity contribution is -0.0510. The van der Waals surface area contributed by atoms with E-state index in [-0.39, 0.29) is 0 Å². The van der Waals surface area contributed by atoms with Crippen LogP contribution in [0.5, 0.6) is 0 Å². The molecule has 0 aliphatic carbocycles. The number of hydrogen-bond donors (Lipinski definition) is 1. The van der Waals surface area contributed by atoms with Gasteiger partial charge in [-0.1, -0.05) is 13.3 Å². The van der Waals surface area contributed by atoms with E-state index >= 15 is 0 Å². The number of halogens is 3. The third-order valence-corrected chi connectivity index (χ3v) is 3.48. The van der Waals surface area contributed by atoms with Gasteiger partial charge >= 0.3 is 15.6 Å². The van der Waals surface area contributed by atoms with E-state index in [0.717, 1.165) is 6.04 Å². The minimum atomic E-state index is -5.84. The van der Waals surface area contributed by atoms with Crippen LogP contribution in [0.1, 0.15) is 39.5 Å². The molecule has 110 valence electrons. The first-order valence-corrected chi connectivity index (χ1v) is 7.31. The molecule has 1 aliphatic heterocycles. The fourth-order valence-electron chi connectivity index (χ4n) is 1.62. The molecule has 1 aliphatic rings. The molecule has 0 spiro atoms. The lowest BCUT2D eigenvalue weighted by Gasteiger charge is -2.31. The average molecular weight is 291 g/mol. The van der Waals surface area contributed by atoms with Crippen molar-refractivity contribution >= 4 is 10.1 Å². The molecule has 0 saturated carbocycles. The molecule has 0 amide bonds. The number of alkyl halides is 3. The maximum atomic E-state index is 10.7. The normalized spacial score (nSPS) is 19.9. The largest absolute Gasteiger partial charge is 0.522 e. The minimum Gasteiger partial charge on any atom is -0.301 e. The summed E-state index contributed by atoms with van der Waals surface area (Å²) in [5.74, 6) is 0. The van der Waals surface area contributed by atoms with Crippen LogP contribution < -0.4 is 0 Å². The smallest absolute Gasteiger partial charge is 0.301 e. The zero-order valence-corrected chi connectivity index (χ0v) is 11.4. The molecule has 1 unspecified atom stereocenters. The van der Waals surface area contributed by atoms with Gasteiger partial charge in [-0.05, 0) is 39.3 Å². The Labute approximate surface area is 106 Å². The second-order valence-corrected chi connectivity index (χ2v) is 5.69. The lowest BCUT2D eigenvalue weighted by Crippen LogP contribution is -2.36. The van der Waals surface area contributed by atoms with E-state index in [1.807, 2.05) is 0 Å². The summed E-state index contributed by atoms with van der Waals surface area (Å²) in [6.45, 7) is 7.30. The Morgan fingerprint density at radius 1 is 1.22 bits per heavy atom. The van der Waals surface area contributed by atoms with Gasteiger partial charge in [0.05, 0.1) is 0 Å². The number of likely N-dealkylation sites (tertiary alicyclic amines) is 1. The molecule has 1 fully saturated rings. The summed E-state index contributed by atoms with van der Waals surface area (Å²) in [7, 11) is -5.84. The monoisotopic (exact) mass is 291 g/mol. The maximum Gasteiger partial charge on any atom is 0.522 e. The van der Waals surface area contributed by atoms with Gasteiger partial charge in [0, 0.05) is 6.04 Å². The van der Waals surface area contributed by atoms with Crippen LogP contribution in [-0.2, 0) is 10.1 Å². The van der Waals surface area contributed by atoms with Crippen molar-refractivity contribution in [1.29, 1.82) is 0 Å². The van der Waals surface area contributed by atoms with Crippen LogP contribution in [0.15, 0.2) is 0 Å². The highest BCUT2D eigenvalue weighted by Gasteiger charge is 2.44. The summed E-state index contributed by atoms with van der Waals surface area (Å²) in [4.78, 5) is 2.61. The number of hydrogen-bond acceptors (Lipinski definition) is 3. The van der Waals surface area contributed by atoms with E-state index in [0.29, 0.717) is 0 Å². The molecular formula is C10H20F3NO3S. The summed E-state index contributed by atoms with van der Waals surface area (Å²) in [6, 6.07) is 0.820. The molecule has 1 rings (SSSR count). The fourth-order valence-corrected chi connectivity index (χ4v) is 1.62. The Kier molecular flexibility index (Phi) is 7.16. The molecule has 0 aromatic rings. The van der Waals surface area contributed by atoms with Crippen molar-refractivity contribution in [2.75, 3.05) is 13.1 Å². The Hall–Kier alpha value is -0.340. The summed E-state index contributed by atoms with van der Waals surface area (Å²) >= 11 is 0. The molecular weight excluding hydrogens is 271 g/mol. The van der Waals surface area contributed by atoms with E-state index in [1.54, 1.807) is 0 Å². The first-order chi connectivity index (χ1) is 8.09. The Morgan fingerprint density at radius 3 is 1.89 bits per heavy atom. The molecule has 4 nitrogen and oxygen atoms in total. The quantitative estimate of drug-likeness (QED) is 0.628. The summed E-state index contributed by atoms with van der Waals surface area (Å²) in [6.07, 6.45) is 5.60. The highest BCUT2D eigenvalue weighted by molar-refractivity contribution is 7.86. The molecule has 1 saturated heterocycles. The molecule has 0 radical (unpaired) electrons. The van der Waals surface area contributed by atoms with Crippen LogP contribution in [0.4, 0.5) is 13.2 Å². The molecule has 8 heteroatoms. The van der Waals surface area contributed by atoms with Gasteiger partial charge < -0.3 is 4.90 Å². The Balaban J connectivity index is 0.000000331. The van der Waals surface area contributed by atoms with Crippen LogP contribution >= 0.6 is 0 Å². The van der Waals surface area contributed by atoms with Crippen molar-refractivity contribution in [2.45, 2.75) is 51.1 Å². The van der Waals surface area contributed by atoms with Gasteiger partial charge in [0.2, 0.25) is 0 Å². The highest BCUT2D eigenvalue weighted by atomic mass is 32.2. The Morgan fingerprint density at radius 2 is 1.61 bits per heavy atom. The second-order valence-electron chi connectivity index (χ2n) is 4.27. The van der Waals surface area contributed by atoms with Gasteiger partial charge in [0.25, 0.3) is 0 Å². The lowest BCUT2D eigenvalue weighted by atomic mass is 10.1. The molecule has 1 N–H and O–H groups in total. The number of piperidine rings is 1. The molecule has 0 aromatic carbocycles. The topological polar surface area (TPSA) is 57.6 Å². The van der Waals surface area contributed by atoms with Crippen molar-refractivity contribution in [3.63, 3.8) is 0 Å². The predicted molar refractivity (Wildman–Crippen MR) is 62.8 cm³/mol. The fraction of sp³-hybridized carbons (Fsp3) is 1.00. The predicted octanol–water partition coefficient (Wildman–Crippen LogP) is 2.66. The molecule has 18 heavy (non-hydrogen) atoms. The van der Waals surface area contributed by atoms with E-state index in [2.05, 4.69) is 18.7 Å². The molecule has 1 heterocycles. The number of nitrogens with zero attached hydrogens (tertiary/aromatic N) is 1. The summed E-state index contributed by atoms with van der Waals surface area (Å²) < 4.78 is 57.5. The summed E-state index contributed by atoms with van der Waals surface area (Å²) in [5.41, 5.74) is -5.53. The van der Waals surface area contributed by atoms with Crippen LogP contribution in [0.3, 0.4) is 0 Å². The van der Waals surface area contributed by atoms with Crippen LogP contribution in [0, 0.1) is 0 Å². The average Bonchev–Trinajstić information content (AvgIpc) is 2.27. The van der Waals surface area contributed by atoms with Gasteiger partial charge in [-0.3, -0.25) is 4.55 Å².